The van der Waals surface area contributed by atoms with Crippen molar-refractivity contribution < 1.29 is 43.2 Å². The Hall–Kier alpha value is -4.89. The van der Waals surface area contributed by atoms with E-state index in [1.54, 1.807) is 64.2 Å². The van der Waals surface area contributed by atoms with Crippen LogP contribution in [0.25, 0.3) is 0 Å². The van der Waals surface area contributed by atoms with E-state index in [-0.39, 0.29) is 17.9 Å². The summed E-state index contributed by atoms with van der Waals surface area (Å²) in [4.78, 5) is 46.5. The van der Waals surface area contributed by atoms with Gasteiger partial charge >= 0.3 is 12.2 Å². The number of allylic oxidation sites excluding steroid dienone is 4. The van der Waals surface area contributed by atoms with Crippen molar-refractivity contribution in [2.24, 2.45) is 10.9 Å². The van der Waals surface area contributed by atoms with Crippen LogP contribution in [0.2, 0.25) is 5.02 Å². The molecule has 3 heterocycles. The first-order valence-electron chi connectivity index (χ1n) is 17.5. The maximum absolute atomic E-state index is 14.2. The number of ether oxygens (including phenoxy) is 5. The number of fused-ring (bicyclic) bond motifs is 5. The van der Waals surface area contributed by atoms with Gasteiger partial charge in [0.15, 0.2) is 5.72 Å². The Balaban J connectivity index is 1.55. The second kappa shape index (κ2) is 16.2. The van der Waals surface area contributed by atoms with E-state index < -0.39 is 59.8 Å². The lowest BCUT2D eigenvalue weighted by molar-refractivity contribution is -0.142. The van der Waals surface area contributed by atoms with Crippen molar-refractivity contribution in [2.75, 3.05) is 37.2 Å². The van der Waals surface area contributed by atoms with Gasteiger partial charge in [-0.25, -0.2) is 9.59 Å². The lowest BCUT2D eigenvalue weighted by atomic mass is 9.83. The number of nitrogens with one attached hydrogen (secondary N) is 2. The molecule has 2 aromatic rings. The monoisotopic (exact) mass is 765 g/mol. The molecule has 2 aromatic carbocycles. The van der Waals surface area contributed by atoms with E-state index in [1.807, 2.05) is 13.0 Å². The number of methoxy groups -OCH3 is 2. The van der Waals surface area contributed by atoms with E-state index in [0.29, 0.717) is 40.5 Å². The highest BCUT2D eigenvalue weighted by Crippen LogP contribution is 2.49. The number of aliphatic imine (C=N–C) groups is 1. The fourth-order valence-corrected chi connectivity index (χ4v) is 7.30. The second-order valence-corrected chi connectivity index (χ2v) is 14.4. The van der Waals surface area contributed by atoms with Crippen LogP contribution in [0.3, 0.4) is 0 Å². The van der Waals surface area contributed by atoms with Gasteiger partial charge in [-0.3, -0.25) is 20.4 Å². The minimum absolute atomic E-state index is 0.0519. The molecule has 54 heavy (non-hydrogen) atoms. The zero-order chi connectivity index (χ0) is 39.5. The summed E-state index contributed by atoms with van der Waals surface area (Å²) in [5.41, 5.74) is 7.01. The van der Waals surface area contributed by atoms with E-state index in [4.69, 9.17) is 41.0 Å². The quantitative estimate of drug-likeness (QED) is 0.151. The summed E-state index contributed by atoms with van der Waals surface area (Å²) in [7, 11) is 4.50. The number of carbonyl (C=O) groups excluding carboxylic acids is 3. The number of carbonyl (C=O) groups is 3. The number of nitrogens with two attached hydrogens (primary N) is 1. The minimum atomic E-state index is -1.83. The van der Waals surface area contributed by atoms with Crippen molar-refractivity contribution in [3.8, 4) is 5.75 Å². The third-order valence-electron chi connectivity index (χ3n) is 10.2. The van der Waals surface area contributed by atoms with Crippen molar-refractivity contribution >= 4 is 58.7 Å². The van der Waals surface area contributed by atoms with Gasteiger partial charge in [-0.05, 0) is 62.6 Å². The number of alkyl carbamates (subject to hydrolysis) is 1. The average molecular weight is 766 g/mol. The Morgan fingerprint density at radius 3 is 2.69 bits per heavy atom. The number of nitrogens with zero attached hydrogens (tertiary/aromatic N) is 2. The number of rotatable bonds is 6. The van der Waals surface area contributed by atoms with E-state index >= 15 is 0 Å². The highest BCUT2D eigenvalue weighted by molar-refractivity contribution is 6.35. The van der Waals surface area contributed by atoms with Gasteiger partial charge in [0.25, 0.3) is 0 Å². The molecule has 290 valence electrons. The predicted octanol–water partition coefficient (Wildman–Crippen LogP) is 6.15. The highest BCUT2D eigenvalue weighted by atomic mass is 35.5. The smallest absolute Gasteiger partial charge is 0.412 e. The molecule has 3 aliphatic rings. The average Bonchev–Trinajstić information content (AvgIpc) is 3.82. The minimum Gasteiger partial charge on any atom is -0.495 e. The molecule has 14 nitrogen and oxygen atoms in total. The van der Waals surface area contributed by atoms with Gasteiger partial charge in [0.05, 0.1) is 36.7 Å². The summed E-state index contributed by atoms with van der Waals surface area (Å²) in [6.07, 6.45) is 2.99. The van der Waals surface area contributed by atoms with Crippen LogP contribution in [-0.4, -0.2) is 86.4 Å². The van der Waals surface area contributed by atoms with Crippen molar-refractivity contribution in [3.05, 3.63) is 76.9 Å². The highest BCUT2D eigenvalue weighted by Gasteiger charge is 2.64. The first-order chi connectivity index (χ1) is 25.5. The van der Waals surface area contributed by atoms with Crippen LogP contribution < -0.4 is 26.0 Å². The largest absolute Gasteiger partial charge is 0.495 e. The number of hydrogen-bond acceptors (Lipinski definition) is 11. The Morgan fingerprint density at radius 1 is 1.26 bits per heavy atom. The van der Waals surface area contributed by atoms with Crippen molar-refractivity contribution in [3.63, 3.8) is 0 Å². The van der Waals surface area contributed by atoms with Crippen LogP contribution in [0, 0.1) is 12.8 Å². The molecule has 0 aromatic heterocycles. The standard InChI is InChI=1S/C39H48ClN5O9/c1-9-15-42-34-22(3)25(41)13-14-26(34)43-36(47)53-31-19-32(46)45(6)27-17-24(18-28(50-7)33(27)40)16-21(2)11-10-12-30(51-8)39(49)20-29(52-37(48)44-39)23(4)35-38(31,5)54-35/h9-15,17-18,23,29-31,35,49H,1,16,19-20,41H2,2-8H3,(H,43,47)(H,44,48)/b12-10+,21-11+,42-15-/t23-,29+,30-,31+,35+,38+,39+/m1/s1. The summed E-state index contributed by atoms with van der Waals surface area (Å²) in [6.45, 7) is 10.9. The third kappa shape index (κ3) is 8.41. The predicted molar refractivity (Wildman–Crippen MR) is 207 cm³/mol. The van der Waals surface area contributed by atoms with Gasteiger partial charge in [-0.2, -0.15) is 0 Å². The first kappa shape index (κ1) is 40.3. The van der Waals surface area contributed by atoms with Gasteiger partial charge in [-0.1, -0.05) is 55.0 Å². The molecule has 0 unspecified atom stereocenters. The number of hydrogen-bond donors (Lipinski definition) is 4. The Morgan fingerprint density at radius 2 is 2.00 bits per heavy atom. The molecule has 4 bridgehead atoms. The molecule has 7 atom stereocenters. The van der Waals surface area contributed by atoms with Gasteiger partial charge in [0, 0.05) is 38.4 Å². The van der Waals surface area contributed by atoms with E-state index in [1.165, 1.54) is 31.4 Å². The number of anilines is 3. The SMILES string of the molecule is C=C/C=N\c1c(NC(=O)O[C@H]2CC(=O)N(C)c3cc(cc(OC)c3Cl)C/C(C)=C/C=C/[C@@H](OC)[C@@]3(O)C[C@H](OC(=O)N3)[C@@H](C)[C@@H]3O[C@@]23C)ccc(N)c1C. The van der Waals surface area contributed by atoms with Crippen molar-refractivity contribution in [2.45, 2.75) is 82.7 Å². The van der Waals surface area contributed by atoms with Crippen LogP contribution in [0.4, 0.5) is 32.3 Å². The topological polar surface area (TPSA) is 187 Å². The Labute approximate surface area is 320 Å². The zero-order valence-electron chi connectivity index (χ0n) is 31.5. The molecule has 3 amide bonds. The summed E-state index contributed by atoms with van der Waals surface area (Å²) < 4.78 is 29.2. The van der Waals surface area contributed by atoms with Crippen LogP contribution in [-0.2, 0) is 30.2 Å². The molecule has 5 N–H and O–H groups in total. The molecule has 15 heteroatoms. The first-order valence-corrected chi connectivity index (χ1v) is 17.8. The molecular formula is C39H48ClN5O9. The summed E-state index contributed by atoms with van der Waals surface area (Å²) >= 11 is 6.77. The molecule has 0 radical (unpaired) electrons. The number of halogens is 1. The fraction of sp³-hybridized carbons (Fsp3) is 0.436. The Bertz CT molecular complexity index is 1900. The van der Waals surface area contributed by atoms with E-state index in [2.05, 4.69) is 22.2 Å². The molecule has 3 aliphatic heterocycles. The summed E-state index contributed by atoms with van der Waals surface area (Å²) in [6, 6.07) is 6.82. The summed E-state index contributed by atoms with van der Waals surface area (Å²) in [5.74, 6) is -0.597. The molecule has 5 rings (SSSR count). The van der Waals surface area contributed by atoms with Crippen LogP contribution in [0.15, 0.2) is 65.7 Å². The molecule has 0 spiro atoms. The second-order valence-electron chi connectivity index (χ2n) is 14.0. The van der Waals surface area contributed by atoms with Gasteiger partial charge in [-0.15, -0.1) is 0 Å². The Kier molecular flexibility index (Phi) is 12.1. The molecule has 2 saturated heterocycles. The van der Waals surface area contributed by atoms with Crippen LogP contribution in [0.1, 0.15) is 44.7 Å². The summed E-state index contributed by atoms with van der Waals surface area (Å²) in [5, 5.41) is 17.2. The van der Waals surface area contributed by atoms with E-state index in [9.17, 15) is 19.5 Å². The van der Waals surface area contributed by atoms with Crippen LogP contribution in [0.5, 0.6) is 5.75 Å². The molecule has 0 saturated carbocycles. The van der Waals surface area contributed by atoms with Gasteiger partial charge < -0.3 is 39.4 Å². The van der Waals surface area contributed by atoms with Crippen molar-refractivity contribution in [1.82, 2.24) is 5.32 Å². The van der Waals surface area contributed by atoms with Crippen molar-refractivity contribution in [1.29, 1.82) is 0 Å². The number of nitrogen functional groups attached to an aromatic ring is 1. The van der Waals surface area contributed by atoms with Gasteiger partial charge in [0.1, 0.15) is 34.7 Å². The number of epoxide rings is 1. The third-order valence-corrected chi connectivity index (χ3v) is 10.6. The lowest BCUT2D eigenvalue weighted by Crippen LogP contribution is -2.63. The van der Waals surface area contributed by atoms with Gasteiger partial charge in [0.2, 0.25) is 5.91 Å². The van der Waals surface area contributed by atoms with E-state index in [0.717, 1.165) is 11.1 Å². The number of amides is 3. The molecular weight excluding hydrogens is 718 g/mol. The fourth-order valence-electron chi connectivity index (χ4n) is 6.98. The number of benzene rings is 2. The zero-order valence-corrected chi connectivity index (χ0v) is 32.2. The van der Waals surface area contributed by atoms with Crippen LogP contribution >= 0.6 is 11.6 Å². The maximum Gasteiger partial charge on any atom is 0.412 e. The lowest BCUT2D eigenvalue weighted by Gasteiger charge is -2.42. The molecule has 0 aliphatic carbocycles. The molecule has 2 fully saturated rings. The maximum atomic E-state index is 14.2. The normalized spacial score (nSPS) is 30.3. The number of aliphatic hydroxyl groups is 1.